The van der Waals surface area contributed by atoms with E-state index >= 15 is 0 Å². The van der Waals surface area contributed by atoms with Crippen molar-refractivity contribution in [2.24, 2.45) is 5.92 Å². The van der Waals surface area contributed by atoms with Gasteiger partial charge in [0.2, 0.25) is 0 Å². The molecule has 0 aromatic heterocycles. The van der Waals surface area contributed by atoms with Gasteiger partial charge in [-0.05, 0) is 43.4 Å². The SMILES string of the molecule is Nc1cc(F)ccc1C(=O)NCC1CC=CCC1. The lowest BCUT2D eigenvalue weighted by Crippen LogP contribution is -2.30. The molecule has 1 aliphatic carbocycles. The smallest absolute Gasteiger partial charge is 0.253 e. The maximum Gasteiger partial charge on any atom is 0.253 e. The average Bonchev–Trinajstić information content (AvgIpc) is 2.37. The van der Waals surface area contributed by atoms with E-state index < -0.39 is 5.82 Å². The molecule has 1 atom stereocenters. The van der Waals surface area contributed by atoms with Crippen LogP contribution in [-0.2, 0) is 0 Å². The van der Waals surface area contributed by atoms with Crippen molar-refractivity contribution < 1.29 is 9.18 Å². The minimum Gasteiger partial charge on any atom is -0.398 e. The Labute approximate surface area is 106 Å². The molecule has 1 aliphatic rings. The normalized spacial score (nSPS) is 18.6. The van der Waals surface area contributed by atoms with Gasteiger partial charge in [0.25, 0.3) is 5.91 Å². The number of allylic oxidation sites excluding steroid dienone is 2. The number of nitrogens with one attached hydrogen (secondary N) is 1. The van der Waals surface area contributed by atoms with Gasteiger partial charge in [-0.25, -0.2) is 4.39 Å². The predicted octanol–water partition coefficient (Wildman–Crippen LogP) is 2.49. The van der Waals surface area contributed by atoms with Crippen LogP contribution in [0.5, 0.6) is 0 Å². The second-order valence-electron chi connectivity index (χ2n) is 4.59. The Kier molecular flexibility index (Phi) is 3.97. The van der Waals surface area contributed by atoms with E-state index in [-0.39, 0.29) is 11.6 Å². The number of hydrogen-bond donors (Lipinski definition) is 2. The van der Waals surface area contributed by atoms with Gasteiger partial charge in [-0.3, -0.25) is 4.79 Å². The van der Waals surface area contributed by atoms with Crippen LogP contribution in [0.25, 0.3) is 0 Å². The number of rotatable bonds is 3. The highest BCUT2D eigenvalue weighted by Gasteiger charge is 2.14. The molecule has 1 aromatic carbocycles. The molecule has 0 aliphatic heterocycles. The van der Waals surface area contributed by atoms with Crippen LogP contribution >= 0.6 is 0 Å². The van der Waals surface area contributed by atoms with E-state index in [9.17, 15) is 9.18 Å². The van der Waals surface area contributed by atoms with Gasteiger partial charge in [-0.1, -0.05) is 12.2 Å². The summed E-state index contributed by atoms with van der Waals surface area (Å²) in [5, 5.41) is 2.85. The fraction of sp³-hybridized carbons (Fsp3) is 0.357. The number of nitrogens with two attached hydrogens (primary N) is 1. The van der Waals surface area contributed by atoms with Crippen LogP contribution in [0.4, 0.5) is 10.1 Å². The Morgan fingerprint density at radius 2 is 2.28 bits per heavy atom. The van der Waals surface area contributed by atoms with E-state index in [1.165, 1.54) is 12.1 Å². The zero-order valence-electron chi connectivity index (χ0n) is 10.2. The average molecular weight is 248 g/mol. The van der Waals surface area contributed by atoms with Crippen LogP contribution in [0.2, 0.25) is 0 Å². The van der Waals surface area contributed by atoms with Crippen LogP contribution in [0.1, 0.15) is 29.6 Å². The van der Waals surface area contributed by atoms with Crippen molar-refractivity contribution in [2.75, 3.05) is 12.3 Å². The fourth-order valence-electron chi connectivity index (χ4n) is 2.11. The number of carbonyl (C=O) groups excluding carboxylic acids is 1. The van der Waals surface area contributed by atoms with Crippen LogP contribution in [0, 0.1) is 11.7 Å². The third kappa shape index (κ3) is 3.09. The summed E-state index contributed by atoms with van der Waals surface area (Å²) in [4.78, 5) is 11.9. The zero-order valence-corrected chi connectivity index (χ0v) is 10.2. The summed E-state index contributed by atoms with van der Waals surface area (Å²) in [5.74, 6) is -0.177. The number of halogens is 1. The predicted molar refractivity (Wildman–Crippen MR) is 69.6 cm³/mol. The fourth-order valence-corrected chi connectivity index (χ4v) is 2.11. The third-order valence-corrected chi connectivity index (χ3v) is 3.19. The lowest BCUT2D eigenvalue weighted by Gasteiger charge is -2.18. The molecular weight excluding hydrogens is 231 g/mol. The van der Waals surface area contributed by atoms with Gasteiger partial charge in [-0.2, -0.15) is 0 Å². The molecule has 0 saturated carbocycles. The first-order valence-electron chi connectivity index (χ1n) is 6.15. The summed E-state index contributed by atoms with van der Waals surface area (Å²) < 4.78 is 12.9. The molecule has 0 fully saturated rings. The number of amides is 1. The van der Waals surface area contributed by atoms with Crippen LogP contribution in [-0.4, -0.2) is 12.5 Å². The standard InChI is InChI=1S/C14H17FN2O/c15-11-6-7-12(13(16)8-11)14(18)17-9-10-4-2-1-3-5-10/h1-2,6-8,10H,3-5,9,16H2,(H,17,18). The van der Waals surface area contributed by atoms with E-state index in [1.54, 1.807) is 0 Å². The number of hydrogen-bond acceptors (Lipinski definition) is 2. The molecule has 18 heavy (non-hydrogen) atoms. The van der Waals surface area contributed by atoms with E-state index in [4.69, 9.17) is 5.73 Å². The van der Waals surface area contributed by atoms with E-state index in [1.807, 2.05) is 0 Å². The summed E-state index contributed by atoms with van der Waals surface area (Å²) in [6.45, 7) is 0.639. The molecule has 0 heterocycles. The minimum absolute atomic E-state index is 0.177. The molecule has 0 radical (unpaired) electrons. The molecule has 96 valence electrons. The quantitative estimate of drug-likeness (QED) is 0.638. The summed E-state index contributed by atoms with van der Waals surface area (Å²) in [6, 6.07) is 3.83. The first-order chi connectivity index (χ1) is 8.66. The Morgan fingerprint density at radius 1 is 1.44 bits per heavy atom. The van der Waals surface area contributed by atoms with Gasteiger partial charge >= 0.3 is 0 Å². The molecule has 3 nitrogen and oxygen atoms in total. The Hall–Kier alpha value is -1.84. The lowest BCUT2D eigenvalue weighted by atomic mass is 9.94. The van der Waals surface area contributed by atoms with Crippen molar-refractivity contribution in [1.82, 2.24) is 5.32 Å². The molecule has 2 rings (SSSR count). The maximum atomic E-state index is 12.9. The summed E-state index contributed by atoms with van der Waals surface area (Å²) in [7, 11) is 0. The second-order valence-corrected chi connectivity index (χ2v) is 4.59. The number of carbonyl (C=O) groups is 1. The second kappa shape index (κ2) is 5.67. The number of benzene rings is 1. The molecule has 0 bridgehead atoms. The van der Waals surface area contributed by atoms with Crippen LogP contribution in [0.15, 0.2) is 30.4 Å². The molecular formula is C14H17FN2O. The van der Waals surface area contributed by atoms with Crippen LogP contribution < -0.4 is 11.1 Å². The molecule has 0 saturated heterocycles. The van der Waals surface area contributed by atoms with Crippen molar-refractivity contribution in [2.45, 2.75) is 19.3 Å². The topological polar surface area (TPSA) is 55.1 Å². The van der Waals surface area contributed by atoms with E-state index in [0.717, 1.165) is 25.3 Å². The van der Waals surface area contributed by atoms with Crippen molar-refractivity contribution in [3.63, 3.8) is 0 Å². The first kappa shape index (κ1) is 12.6. The van der Waals surface area contributed by atoms with Gasteiger partial charge in [-0.15, -0.1) is 0 Å². The minimum atomic E-state index is -0.429. The Morgan fingerprint density at radius 3 is 2.94 bits per heavy atom. The molecule has 0 spiro atoms. The van der Waals surface area contributed by atoms with Crippen LogP contribution in [0.3, 0.4) is 0 Å². The highest BCUT2D eigenvalue weighted by Crippen LogP contribution is 2.18. The van der Waals surface area contributed by atoms with E-state index in [2.05, 4.69) is 17.5 Å². The van der Waals surface area contributed by atoms with Gasteiger partial charge < -0.3 is 11.1 Å². The summed E-state index contributed by atoms with van der Waals surface area (Å²) >= 11 is 0. The van der Waals surface area contributed by atoms with Crippen molar-refractivity contribution >= 4 is 11.6 Å². The number of nitrogen functional groups attached to an aromatic ring is 1. The van der Waals surface area contributed by atoms with Crippen molar-refractivity contribution in [1.29, 1.82) is 0 Å². The molecule has 1 aromatic rings. The zero-order chi connectivity index (χ0) is 13.0. The molecule has 3 N–H and O–H groups in total. The summed E-state index contributed by atoms with van der Waals surface area (Å²) in [5.41, 5.74) is 6.13. The van der Waals surface area contributed by atoms with Crippen molar-refractivity contribution in [3.8, 4) is 0 Å². The summed E-state index contributed by atoms with van der Waals surface area (Å²) in [6.07, 6.45) is 7.47. The molecule has 4 heteroatoms. The Balaban J connectivity index is 1.93. The van der Waals surface area contributed by atoms with Gasteiger partial charge in [0.05, 0.1) is 5.56 Å². The highest BCUT2D eigenvalue weighted by molar-refractivity contribution is 5.99. The lowest BCUT2D eigenvalue weighted by molar-refractivity contribution is 0.0947. The Bertz CT molecular complexity index is 471. The largest absolute Gasteiger partial charge is 0.398 e. The van der Waals surface area contributed by atoms with Crippen molar-refractivity contribution in [3.05, 3.63) is 41.7 Å². The monoisotopic (exact) mass is 248 g/mol. The van der Waals surface area contributed by atoms with Gasteiger partial charge in [0.15, 0.2) is 0 Å². The highest BCUT2D eigenvalue weighted by atomic mass is 19.1. The molecule has 1 amide bonds. The van der Waals surface area contributed by atoms with Gasteiger partial charge in [0.1, 0.15) is 5.82 Å². The van der Waals surface area contributed by atoms with E-state index in [0.29, 0.717) is 18.0 Å². The first-order valence-corrected chi connectivity index (χ1v) is 6.15. The third-order valence-electron chi connectivity index (χ3n) is 3.19. The maximum absolute atomic E-state index is 12.9. The number of anilines is 1. The molecule has 1 unspecified atom stereocenters. The van der Waals surface area contributed by atoms with Gasteiger partial charge in [0, 0.05) is 12.2 Å².